The van der Waals surface area contributed by atoms with Crippen LogP contribution in [0.5, 0.6) is 5.75 Å². The van der Waals surface area contributed by atoms with Gasteiger partial charge >= 0.3 is 5.97 Å². The Bertz CT molecular complexity index is 982. The second-order valence-corrected chi connectivity index (χ2v) is 6.18. The molecule has 0 bridgehead atoms. The molecule has 0 aliphatic carbocycles. The van der Waals surface area contributed by atoms with Crippen LogP contribution >= 0.6 is 0 Å². The largest absolute Gasteiger partial charge is 0.482 e. The average Bonchev–Trinajstić information content (AvgIpc) is 2.70. The Morgan fingerprint density at radius 2 is 2.07 bits per heavy atom. The molecule has 0 saturated carbocycles. The molecule has 1 aromatic heterocycles. The Labute approximate surface area is 160 Å². The van der Waals surface area contributed by atoms with Crippen LogP contribution < -0.4 is 15.6 Å². The van der Waals surface area contributed by atoms with Crippen LogP contribution in [0.1, 0.15) is 40.6 Å². The molecule has 9 heteroatoms. The Morgan fingerprint density at radius 3 is 2.86 bits per heavy atom. The lowest BCUT2D eigenvalue weighted by Gasteiger charge is -2.18. The Morgan fingerprint density at radius 1 is 1.25 bits per heavy atom. The highest BCUT2D eigenvalue weighted by Gasteiger charge is 2.19. The lowest BCUT2D eigenvalue weighted by Crippen LogP contribution is -2.26. The summed E-state index contributed by atoms with van der Waals surface area (Å²) in [6.07, 6.45) is 1.63. The van der Waals surface area contributed by atoms with Crippen LogP contribution in [-0.4, -0.2) is 40.7 Å². The molecule has 146 valence electrons. The number of benzene rings is 1. The first-order valence-corrected chi connectivity index (χ1v) is 8.83. The van der Waals surface area contributed by atoms with E-state index in [4.69, 9.17) is 9.47 Å². The number of esters is 1. The van der Waals surface area contributed by atoms with Crippen molar-refractivity contribution < 1.29 is 23.9 Å². The SMILES string of the molecule is CCCCn1nc(C(=O)OCC(=O)c2ccc3c(c2)NC(=O)CO3)ccc1=O. The van der Waals surface area contributed by atoms with Crippen molar-refractivity contribution in [2.75, 3.05) is 18.5 Å². The summed E-state index contributed by atoms with van der Waals surface area (Å²) in [5.74, 6) is -1.09. The quantitative estimate of drug-likeness (QED) is 0.566. The summed E-state index contributed by atoms with van der Waals surface area (Å²) in [4.78, 5) is 47.6. The van der Waals surface area contributed by atoms with Crippen LogP contribution in [-0.2, 0) is 16.1 Å². The molecule has 1 aromatic carbocycles. The number of carbonyl (C=O) groups excluding carboxylic acids is 3. The first kappa shape index (κ1) is 19.3. The molecule has 2 aromatic rings. The molecule has 0 spiro atoms. The number of amides is 1. The van der Waals surface area contributed by atoms with Crippen LogP contribution in [0, 0.1) is 0 Å². The van der Waals surface area contributed by atoms with Crippen molar-refractivity contribution in [1.29, 1.82) is 0 Å². The highest BCUT2D eigenvalue weighted by Crippen LogP contribution is 2.28. The summed E-state index contributed by atoms with van der Waals surface area (Å²) in [6, 6.07) is 7.06. The molecule has 28 heavy (non-hydrogen) atoms. The van der Waals surface area contributed by atoms with Gasteiger partial charge in [0.25, 0.3) is 11.5 Å². The van der Waals surface area contributed by atoms with Gasteiger partial charge in [-0.05, 0) is 30.7 Å². The number of ether oxygens (including phenoxy) is 2. The fraction of sp³-hybridized carbons (Fsp3) is 0.316. The van der Waals surface area contributed by atoms with Crippen LogP contribution in [0.2, 0.25) is 0 Å². The van der Waals surface area contributed by atoms with E-state index >= 15 is 0 Å². The van der Waals surface area contributed by atoms with Crippen molar-refractivity contribution in [1.82, 2.24) is 9.78 Å². The van der Waals surface area contributed by atoms with Crippen LogP contribution in [0.25, 0.3) is 0 Å². The molecule has 2 heterocycles. The summed E-state index contributed by atoms with van der Waals surface area (Å²) in [5, 5.41) is 6.59. The molecule has 1 aliphatic rings. The number of hydrogen-bond donors (Lipinski definition) is 1. The van der Waals surface area contributed by atoms with E-state index in [2.05, 4.69) is 10.4 Å². The lowest BCUT2D eigenvalue weighted by molar-refractivity contribution is -0.118. The summed E-state index contributed by atoms with van der Waals surface area (Å²) in [5.41, 5.74) is 0.297. The van der Waals surface area contributed by atoms with Gasteiger partial charge in [-0.15, -0.1) is 0 Å². The zero-order valence-electron chi connectivity index (χ0n) is 15.3. The predicted octanol–water partition coefficient (Wildman–Crippen LogP) is 1.41. The van der Waals surface area contributed by atoms with Crippen LogP contribution in [0.3, 0.4) is 0 Å². The molecule has 0 saturated heterocycles. The second kappa shape index (κ2) is 8.47. The minimum atomic E-state index is -0.798. The third-order valence-corrected chi connectivity index (χ3v) is 4.07. The van der Waals surface area contributed by atoms with Gasteiger partial charge in [-0.3, -0.25) is 14.4 Å². The van der Waals surface area contributed by atoms with E-state index in [1.165, 1.54) is 28.9 Å². The zero-order chi connectivity index (χ0) is 20.1. The first-order chi connectivity index (χ1) is 13.5. The number of aromatic nitrogens is 2. The number of aryl methyl sites for hydroxylation is 1. The number of Topliss-reactive ketones (excluding diaryl/α,β-unsaturated/α-hetero) is 1. The van der Waals surface area contributed by atoms with Gasteiger partial charge in [0.1, 0.15) is 5.75 Å². The van der Waals surface area contributed by atoms with Crippen molar-refractivity contribution in [3.63, 3.8) is 0 Å². The van der Waals surface area contributed by atoms with Gasteiger partial charge in [-0.1, -0.05) is 13.3 Å². The molecule has 3 rings (SSSR count). The number of ketones is 1. The molecule has 0 radical (unpaired) electrons. The summed E-state index contributed by atoms with van der Waals surface area (Å²) < 4.78 is 11.5. The second-order valence-electron chi connectivity index (χ2n) is 6.18. The maximum absolute atomic E-state index is 12.3. The predicted molar refractivity (Wildman–Crippen MR) is 98.6 cm³/mol. The monoisotopic (exact) mass is 385 g/mol. The van der Waals surface area contributed by atoms with Crippen molar-refractivity contribution in [2.24, 2.45) is 0 Å². The Balaban J connectivity index is 1.64. The molecule has 0 unspecified atom stereocenters. The summed E-state index contributed by atoms with van der Waals surface area (Å²) in [6.45, 7) is 1.80. The van der Waals surface area contributed by atoms with E-state index in [-0.39, 0.29) is 29.3 Å². The van der Waals surface area contributed by atoms with Crippen molar-refractivity contribution >= 4 is 23.3 Å². The molecular formula is C19H19N3O6. The number of hydrogen-bond acceptors (Lipinski definition) is 7. The topological polar surface area (TPSA) is 117 Å². The third-order valence-electron chi connectivity index (χ3n) is 4.07. The van der Waals surface area contributed by atoms with E-state index in [1.807, 2.05) is 6.92 Å². The maximum Gasteiger partial charge on any atom is 0.359 e. The number of anilines is 1. The Hall–Kier alpha value is -3.49. The van der Waals surface area contributed by atoms with Crippen molar-refractivity contribution in [3.05, 3.63) is 51.9 Å². The van der Waals surface area contributed by atoms with Crippen LogP contribution in [0.4, 0.5) is 5.69 Å². The van der Waals surface area contributed by atoms with Crippen molar-refractivity contribution in [2.45, 2.75) is 26.3 Å². The lowest BCUT2D eigenvalue weighted by atomic mass is 10.1. The van der Waals surface area contributed by atoms with Crippen LogP contribution in [0.15, 0.2) is 35.1 Å². The number of rotatable bonds is 7. The normalized spacial score (nSPS) is 12.5. The zero-order valence-corrected chi connectivity index (χ0v) is 15.3. The van der Waals surface area contributed by atoms with Gasteiger partial charge < -0.3 is 14.8 Å². The van der Waals surface area contributed by atoms with Gasteiger partial charge in [-0.25, -0.2) is 9.48 Å². The molecule has 1 N–H and O–H groups in total. The van der Waals surface area contributed by atoms with Crippen molar-refractivity contribution in [3.8, 4) is 5.75 Å². The van der Waals surface area contributed by atoms with E-state index in [0.29, 0.717) is 18.0 Å². The van der Waals surface area contributed by atoms with Gasteiger partial charge in [0, 0.05) is 18.2 Å². The first-order valence-electron chi connectivity index (χ1n) is 8.83. The fourth-order valence-corrected chi connectivity index (χ4v) is 2.57. The van der Waals surface area contributed by atoms with Gasteiger partial charge in [0.2, 0.25) is 0 Å². The van der Waals surface area contributed by atoms with E-state index in [1.54, 1.807) is 6.07 Å². The van der Waals surface area contributed by atoms with Gasteiger partial charge in [-0.2, -0.15) is 5.10 Å². The summed E-state index contributed by atoms with van der Waals surface area (Å²) >= 11 is 0. The minimum Gasteiger partial charge on any atom is -0.482 e. The smallest absolute Gasteiger partial charge is 0.359 e. The molecule has 9 nitrogen and oxygen atoms in total. The number of unbranched alkanes of at least 4 members (excludes halogenated alkanes) is 1. The average molecular weight is 385 g/mol. The highest BCUT2D eigenvalue weighted by atomic mass is 16.5. The molecule has 1 aliphatic heterocycles. The molecule has 0 atom stereocenters. The standard InChI is InChI=1S/C19H19N3O6/c1-2-3-8-22-18(25)7-5-13(21-22)19(26)28-10-15(23)12-4-6-16-14(9-12)20-17(24)11-27-16/h4-7,9H,2-3,8,10-11H2,1H3,(H,20,24). The van der Waals surface area contributed by atoms with Gasteiger partial charge in [0.15, 0.2) is 24.7 Å². The minimum absolute atomic E-state index is 0.0467. The highest BCUT2D eigenvalue weighted by molar-refractivity contribution is 6.02. The fourth-order valence-electron chi connectivity index (χ4n) is 2.57. The molecule has 1 amide bonds. The third kappa shape index (κ3) is 4.43. The van der Waals surface area contributed by atoms with E-state index in [9.17, 15) is 19.2 Å². The van der Waals surface area contributed by atoms with Gasteiger partial charge in [0.05, 0.1) is 5.69 Å². The number of fused-ring (bicyclic) bond motifs is 1. The van der Waals surface area contributed by atoms with E-state index in [0.717, 1.165) is 12.8 Å². The summed E-state index contributed by atoms with van der Waals surface area (Å²) in [7, 11) is 0. The molecular weight excluding hydrogens is 366 g/mol. The van der Waals surface area contributed by atoms with E-state index < -0.39 is 18.4 Å². The maximum atomic E-state index is 12.3. The molecule has 0 fully saturated rings. The number of nitrogens with one attached hydrogen (secondary N) is 1. The number of carbonyl (C=O) groups is 3. The number of nitrogens with zero attached hydrogens (tertiary/aromatic N) is 2. The Kier molecular flexibility index (Phi) is 5.83.